The summed E-state index contributed by atoms with van der Waals surface area (Å²) in [5, 5.41) is 4.76. The van der Waals surface area contributed by atoms with Crippen molar-refractivity contribution in [1.82, 2.24) is 15.3 Å². The van der Waals surface area contributed by atoms with E-state index in [2.05, 4.69) is 38.4 Å². The van der Waals surface area contributed by atoms with Crippen LogP contribution in [0.5, 0.6) is 0 Å². The molecule has 1 aromatic rings. The predicted octanol–water partition coefficient (Wildman–Crippen LogP) is 2.15. The van der Waals surface area contributed by atoms with Crippen LogP contribution in [0.1, 0.15) is 13.8 Å². The summed E-state index contributed by atoms with van der Waals surface area (Å²) >= 11 is 0. The van der Waals surface area contributed by atoms with Gasteiger partial charge < -0.3 is 15.1 Å². The van der Waals surface area contributed by atoms with Crippen LogP contribution in [-0.4, -0.2) is 41.9 Å². The summed E-state index contributed by atoms with van der Waals surface area (Å²) in [6.07, 6.45) is 5.78. The fraction of sp³-hybridized carbons (Fsp3) is 0.263. The van der Waals surface area contributed by atoms with E-state index in [4.69, 9.17) is 4.84 Å². The summed E-state index contributed by atoms with van der Waals surface area (Å²) < 4.78 is 0. The van der Waals surface area contributed by atoms with Crippen molar-refractivity contribution in [2.45, 2.75) is 19.9 Å². The second-order valence-corrected chi connectivity index (χ2v) is 6.40. The minimum absolute atomic E-state index is 0.0840. The second kappa shape index (κ2) is 6.34. The van der Waals surface area contributed by atoms with Gasteiger partial charge in [0.25, 0.3) is 0 Å². The topological polar surface area (TPSA) is 60.4 Å². The molecule has 1 atom stereocenters. The van der Waals surface area contributed by atoms with Gasteiger partial charge in [-0.3, -0.25) is 14.6 Å². The number of carbonyl (C=O) groups excluding carboxylic acids is 1. The van der Waals surface area contributed by atoms with Crippen molar-refractivity contribution >= 4 is 17.8 Å². The molecule has 1 N–H and O–H groups in total. The minimum Gasteiger partial charge on any atom is -0.344 e. The number of aliphatic imine (C=N–C) groups is 1. The first-order chi connectivity index (χ1) is 12.6. The molecule has 1 amide bonds. The van der Waals surface area contributed by atoms with E-state index in [9.17, 15) is 4.79 Å². The summed E-state index contributed by atoms with van der Waals surface area (Å²) in [5.41, 5.74) is 3.82. The van der Waals surface area contributed by atoms with Gasteiger partial charge in [-0.25, -0.2) is 5.06 Å². The summed E-state index contributed by atoms with van der Waals surface area (Å²) in [6.45, 7) is 4.09. The fourth-order valence-electron chi connectivity index (χ4n) is 3.40. The van der Waals surface area contributed by atoms with Gasteiger partial charge >= 0.3 is 0 Å². The van der Waals surface area contributed by atoms with Crippen molar-refractivity contribution in [1.29, 1.82) is 0 Å². The van der Waals surface area contributed by atoms with Gasteiger partial charge in [0.15, 0.2) is 0 Å². The molecule has 26 heavy (non-hydrogen) atoms. The molecule has 0 radical (unpaired) electrons. The maximum absolute atomic E-state index is 11.7. The zero-order chi connectivity index (χ0) is 18.3. The third-order valence-electron chi connectivity index (χ3n) is 4.60. The van der Waals surface area contributed by atoms with Crippen LogP contribution in [0.4, 0.5) is 5.69 Å². The number of para-hydroxylation sites is 1. The molecule has 0 saturated heterocycles. The maximum Gasteiger partial charge on any atom is 0.217 e. The standard InChI is InChI=1S/C19H21N5O2/c1-13-10-23(15-7-5-4-6-8-15)19-18(17(13)21-14(2)25)20-9-16-11-22(26-3)12-24(16)19/h4-11,17H,12H2,1-3H3,(H,21,25). The number of rotatable bonds is 3. The number of hydroxylamine groups is 2. The molecule has 3 aliphatic rings. The molecule has 0 fully saturated rings. The van der Waals surface area contributed by atoms with Crippen LogP contribution < -0.4 is 10.2 Å². The average Bonchev–Trinajstić information content (AvgIpc) is 3.07. The molecule has 1 aromatic carbocycles. The number of amides is 1. The number of anilines is 1. The quantitative estimate of drug-likeness (QED) is 0.904. The summed E-state index contributed by atoms with van der Waals surface area (Å²) in [4.78, 5) is 26.0. The second-order valence-electron chi connectivity index (χ2n) is 6.40. The van der Waals surface area contributed by atoms with Crippen LogP contribution in [0.2, 0.25) is 0 Å². The monoisotopic (exact) mass is 351 g/mol. The zero-order valence-corrected chi connectivity index (χ0v) is 15.0. The number of nitrogens with one attached hydrogen (secondary N) is 1. The van der Waals surface area contributed by atoms with Gasteiger partial charge in [0.1, 0.15) is 18.2 Å². The molecule has 7 heteroatoms. The van der Waals surface area contributed by atoms with Crippen LogP contribution in [0.25, 0.3) is 0 Å². The third kappa shape index (κ3) is 2.66. The van der Waals surface area contributed by atoms with Crippen LogP contribution in [0, 0.1) is 0 Å². The van der Waals surface area contributed by atoms with Gasteiger partial charge in [-0.15, -0.1) is 0 Å². The number of carbonyl (C=O) groups is 1. The molecule has 0 aromatic heterocycles. The van der Waals surface area contributed by atoms with Crippen molar-refractivity contribution in [2.24, 2.45) is 4.99 Å². The fourth-order valence-corrected chi connectivity index (χ4v) is 3.40. The Morgan fingerprint density at radius 2 is 2.04 bits per heavy atom. The van der Waals surface area contributed by atoms with Crippen molar-refractivity contribution < 1.29 is 9.63 Å². The molecule has 0 aliphatic carbocycles. The number of hydrogen-bond donors (Lipinski definition) is 1. The molecular weight excluding hydrogens is 330 g/mol. The van der Waals surface area contributed by atoms with Gasteiger partial charge in [0.05, 0.1) is 31.3 Å². The maximum atomic E-state index is 11.7. The Hall–Kier alpha value is -3.06. The molecular formula is C19H21N5O2. The Balaban J connectivity index is 1.83. The first kappa shape index (κ1) is 16.4. The van der Waals surface area contributed by atoms with Crippen molar-refractivity contribution in [3.05, 3.63) is 65.5 Å². The van der Waals surface area contributed by atoms with Crippen molar-refractivity contribution in [3.63, 3.8) is 0 Å². The highest BCUT2D eigenvalue weighted by molar-refractivity contribution is 5.83. The first-order valence-corrected chi connectivity index (χ1v) is 8.46. The SMILES string of the molecule is CON1C=C2C=NC3=C(N2C1)N(c1ccccc1)C=C(C)C3NC(C)=O. The van der Waals surface area contributed by atoms with Gasteiger partial charge in [0.2, 0.25) is 5.91 Å². The lowest BCUT2D eigenvalue weighted by Crippen LogP contribution is -2.46. The summed E-state index contributed by atoms with van der Waals surface area (Å²) in [7, 11) is 1.64. The molecule has 0 bridgehead atoms. The molecule has 0 spiro atoms. The van der Waals surface area contributed by atoms with E-state index in [1.807, 2.05) is 37.5 Å². The summed E-state index contributed by atoms with van der Waals surface area (Å²) in [5.74, 6) is 0.841. The third-order valence-corrected chi connectivity index (χ3v) is 4.60. The molecule has 0 saturated carbocycles. The van der Waals surface area contributed by atoms with E-state index in [-0.39, 0.29) is 11.9 Å². The largest absolute Gasteiger partial charge is 0.344 e. The molecule has 4 rings (SSSR count). The highest BCUT2D eigenvalue weighted by atomic mass is 16.7. The Morgan fingerprint density at radius 3 is 2.73 bits per heavy atom. The lowest BCUT2D eigenvalue weighted by molar-refractivity contribution is -0.119. The Bertz CT molecular complexity index is 856. The van der Waals surface area contributed by atoms with E-state index in [1.54, 1.807) is 12.2 Å². The smallest absolute Gasteiger partial charge is 0.217 e. The average molecular weight is 351 g/mol. The van der Waals surface area contributed by atoms with E-state index >= 15 is 0 Å². The Kier molecular flexibility index (Phi) is 4.00. The van der Waals surface area contributed by atoms with E-state index in [1.165, 1.54) is 6.92 Å². The van der Waals surface area contributed by atoms with Crippen molar-refractivity contribution in [2.75, 3.05) is 18.7 Å². The van der Waals surface area contributed by atoms with E-state index in [0.29, 0.717) is 6.67 Å². The van der Waals surface area contributed by atoms with Crippen LogP contribution in [0.15, 0.2) is 70.5 Å². The first-order valence-electron chi connectivity index (χ1n) is 8.46. The van der Waals surface area contributed by atoms with E-state index in [0.717, 1.165) is 28.5 Å². The van der Waals surface area contributed by atoms with Gasteiger partial charge in [0, 0.05) is 18.8 Å². The highest BCUT2D eigenvalue weighted by Crippen LogP contribution is 2.38. The lowest BCUT2D eigenvalue weighted by atomic mass is 10.0. The van der Waals surface area contributed by atoms with Crippen LogP contribution in [-0.2, 0) is 9.63 Å². The number of benzene rings is 1. The van der Waals surface area contributed by atoms with Gasteiger partial charge in [-0.2, -0.15) is 0 Å². The van der Waals surface area contributed by atoms with Gasteiger partial charge in [-0.1, -0.05) is 18.2 Å². The normalized spacial score (nSPS) is 21.3. The molecule has 7 nitrogen and oxygen atoms in total. The Morgan fingerprint density at radius 1 is 1.27 bits per heavy atom. The zero-order valence-electron chi connectivity index (χ0n) is 15.0. The molecule has 1 unspecified atom stereocenters. The van der Waals surface area contributed by atoms with E-state index < -0.39 is 0 Å². The number of fused-ring (bicyclic) bond motifs is 2. The number of nitrogens with zero attached hydrogens (tertiary/aromatic N) is 4. The minimum atomic E-state index is -0.253. The Labute approximate surface area is 152 Å². The van der Waals surface area contributed by atoms with Crippen LogP contribution >= 0.6 is 0 Å². The molecule has 134 valence electrons. The van der Waals surface area contributed by atoms with Gasteiger partial charge in [-0.05, 0) is 24.6 Å². The van der Waals surface area contributed by atoms with Crippen LogP contribution in [0.3, 0.4) is 0 Å². The number of allylic oxidation sites excluding steroid dienone is 1. The summed E-state index contributed by atoms with van der Waals surface area (Å²) in [6, 6.07) is 9.86. The molecule has 3 heterocycles. The lowest BCUT2D eigenvalue weighted by Gasteiger charge is -2.40. The molecule has 3 aliphatic heterocycles. The predicted molar refractivity (Wildman–Crippen MR) is 99.4 cm³/mol. The van der Waals surface area contributed by atoms with Crippen molar-refractivity contribution in [3.8, 4) is 0 Å². The highest BCUT2D eigenvalue weighted by Gasteiger charge is 2.38. The number of hydrogen-bond acceptors (Lipinski definition) is 6.